The highest BCUT2D eigenvalue weighted by Gasteiger charge is 2.04. The van der Waals surface area contributed by atoms with Crippen LogP contribution in [-0.4, -0.2) is 19.2 Å². The van der Waals surface area contributed by atoms with E-state index in [1.165, 1.54) is 0 Å². The number of pyridine rings is 1. The van der Waals surface area contributed by atoms with E-state index in [-0.39, 0.29) is 0 Å². The molecule has 0 amide bonds. The number of aromatic nitrogens is 1. The van der Waals surface area contributed by atoms with Gasteiger partial charge in [-0.05, 0) is 29.3 Å². The molecule has 4 nitrogen and oxygen atoms in total. The lowest BCUT2D eigenvalue weighted by Crippen LogP contribution is -1.93. The molecule has 0 saturated heterocycles. The first-order valence-electron chi connectivity index (χ1n) is 5.18. The summed E-state index contributed by atoms with van der Waals surface area (Å²) in [5.74, 6) is 1.26. The minimum Gasteiger partial charge on any atom is -0.495 e. The normalized spacial score (nSPS) is 10.0. The van der Waals surface area contributed by atoms with Gasteiger partial charge in [-0.1, -0.05) is 6.07 Å². The minimum absolute atomic E-state index is 0.580. The average Bonchev–Trinajstić information content (AvgIpc) is 2.38. The summed E-state index contributed by atoms with van der Waals surface area (Å²) >= 11 is 0. The molecule has 1 aromatic heterocycles. The molecule has 0 spiro atoms. The van der Waals surface area contributed by atoms with E-state index >= 15 is 0 Å². The smallest absolute Gasteiger partial charge is 0.213 e. The molecular formula is C13H14N2O2. The number of methoxy groups -OCH3 is 2. The molecule has 1 heterocycles. The van der Waals surface area contributed by atoms with E-state index in [9.17, 15) is 0 Å². The van der Waals surface area contributed by atoms with E-state index in [2.05, 4.69) is 4.98 Å². The second-order valence-electron chi connectivity index (χ2n) is 3.54. The Morgan fingerprint density at radius 1 is 1.00 bits per heavy atom. The van der Waals surface area contributed by atoms with E-state index < -0.39 is 0 Å². The van der Waals surface area contributed by atoms with Crippen LogP contribution in [0.15, 0.2) is 36.5 Å². The van der Waals surface area contributed by atoms with Crippen molar-refractivity contribution in [1.82, 2.24) is 4.98 Å². The lowest BCUT2D eigenvalue weighted by Gasteiger charge is -2.08. The summed E-state index contributed by atoms with van der Waals surface area (Å²) in [6.07, 6.45) is 1.70. The summed E-state index contributed by atoms with van der Waals surface area (Å²) in [7, 11) is 3.19. The predicted octanol–water partition coefficient (Wildman–Crippen LogP) is 2.35. The lowest BCUT2D eigenvalue weighted by molar-refractivity contribution is 0.398. The summed E-state index contributed by atoms with van der Waals surface area (Å²) in [6.45, 7) is 0. The van der Waals surface area contributed by atoms with Crippen LogP contribution in [0, 0.1) is 0 Å². The van der Waals surface area contributed by atoms with E-state index in [1.807, 2.05) is 30.3 Å². The second kappa shape index (κ2) is 4.74. The number of rotatable bonds is 3. The first-order valence-corrected chi connectivity index (χ1v) is 5.18. The Hall–Kier alpha value is -2.23. The van der Waals surface area contributed by atoms with Gasteiger partial charge in [0.25, 0.3) is 0 Å². The van der Waals surface area contributed by atoms with Crippen LogP contribution in [0.4, 0.5) is 5.69 Å². The van der Waals surface area contributed by atoms with Gasteiger partial charge in [-0.3, -0.25) is 0 Å². The Balaban J connectivity index is 2.42. The van der Waals surface area contributed by atoms with Gasteiger partial charge in [0.05, 0.1) is 19.9 Å². The average molecular weight is 230 g/mol. The highest BCUT2D eigenvalue weighted by atomic mass is 16.5. The Kier molecular flexibility index (Phi) is 3.14. The van der Waals surface area contributed by atoms with Crippen LogP contribution in [0.5, 0.6) is 11.6 Å². The molecule has 2 rings (SSSR count). The van der Waals surface area contributed by atoms with Crippen molar-refractivity contribution in [3.05, 3.63) is 36.5 Å². The molecule has 1 aromatic carbocycles. The van der Waals surface area contributed by atoms with Crippen molar-refractivity contribution in [2.75, 3.05) is 20.0 Å². The van der Waals surface area contributed by atoms with Crippen molar-refractivity contribution < 1.29 is 9.47 Å². The molecule has 88 valence electrons. The number of hydrogen-bond acceptors (Lipinski definition) is 4. The summed E-state index contributed by atoms with van der Waals surface area (Å²) in [4.78, 5) is 4.06. The minimum atomic E-state index is 0.580. The molecule has 0 saturated carbocycles. The zero-order valence-corrected chi connectivity index (χ0v) is 9.81. The summed E-state index contributed by atoms with van der Waals surface area (Å²) in [6, 6.07) is 9.43. The van der Waals surface area contributed by atoms with Gasteiger partial charge in [0.1, 0.15) is 5.75 Å². The van der Waals surface area contributed by atoms with Gasteiger partial charge < -0.3 is 15.2 Å². The molecule has 0 aliphatic heterocycles. The Morgan fingerprint density at radius 2 is 1.76 bits per heavy atom. The highest BCUT2D eigenvalue weighted by Crippen LogP contribution is 2.29. The summed E-state index contributed by atoms with van der Waals surface area (Å²) in [5.41, 5.74) is 8.49. The second-order valence-corrected chi connectivity index (χ2v) is 3.54. The Bertz CT molecular complexity index is 527. The van der Waals surface area contributed by atoms with Gasteiger partial charge in [0.15, 0.2) is 0 Å². The topological polar surface area (TPSA) is 57.4 Å². The van der Waals surface area contributed by atoms with Crippen LogP contribution < -0.4 is 15.2 Å². The fourth-order valence-electron chi connectivity index (χ4n) is 1.61. The number of nitrogen functional groups attached to an aromatic ring is 1. The summed E-state index contributed by atoms with van der Waals surface area (Å²) in [5, 5.41) is 0. The molecule has 0 atom stereocenters. The van der Waals surface area contributed by atoms with Crippen LogP contribution in [0.3, 0.4) is 0 Å². The monoisotopic (exact) mass is 230 g/mol. The maximum absolute atomic E-state index is 5.87. The van der Waals surface area contributed by atoms with Crippen LogP contribution in [0.25, 0.3) is 11.1 Å². The number of anilines is 1. The Labute approximate surface area is 100 Å². The first kappa shape index (κ1) is 11.3. The van der Waals surface area contributed by atoms with E-state index in [0.717, 1.165) is 11.1 Å². The third kappa shape index (κ3) is 2.30. The highest BCUT2D eigenvalue weighted by molar-refractivity contribution is 5.71. The van der Waals surface area contributed by atoms with Crippen LogP contribution in [0.2, 0.25) is 0 Å². The van der Waals surface area contributed by atoms with Crippen molar-refractivity contribution in [1.29, 1.82) is 0 Å². The molecule has 2 aromatic rings. The largest absolute Gasteiger partial charge is 0.495 e. The molecule has 0 aliphatic carbocycles. The fourth-order valence-corrected chi connectivity index (χ4v) is 1.61. The standard InChI is InChI=1S/C13H14N2O2/c1-16-12-4-3-9(7-11(12)14)10-5-6-15-13(8-10)17-2/h3-8H,14H2,1-2H3. The van der Waals surface area contributed by atoms with Crippen molar-refractivity contribution >= 4 is 5.69 Å². The molecule has 0 radical (unpaired) electrons. The van der Waals surface area contributed by atoms with Gasteiger partial charge in [-0.15, -0.1) is 0 Å². The van der Waals surface area contributed by atoms with Crippen LogP contribution >= 0.6 is 0 Å². The first-order chi connectivity index (χ1) is 8.24. The quantitative estimate of drug-likeness (QED) is 0.822. The van der Waals surface area contributed by atoms with E-state index in [4.69, 9.17) is 15.2 Å². The van der Waals surface area contributed by atoms with Gasteiger partial charge >= 0.3 is 0 Å². The number of benzene rings is 1. The van der Waals surface area contributed by atoms with E-state index in [0.29, 0.717) is 17.3 Å². The number of nitrogens with two attached hydrogens (primary N) is 1. The Morgan fingerprint density at radius 3 is 2.41 bits per heavy atom. The van der Waals surface area contributed by atoms with Gasteiger partial charge in [0.2, 0.25) is 5.88 Å². The van der Waals surface area contributed by atoms with Gasteiger partial charge in [0, 0.05) is 12.3 Å². The molecule has 2 N–H and O–H groups in total. The van der Waals surface area contributed by atoms with Crippen molar-refractivity contribution in [2.45, 2.75) is 0 Å². The SMILES string of the molecule is COc1cc(-c2ccc(OC)c(N)c2)ccn1. The van der Waals surface area contributed by atoms with Gasteiger partial charge in [-0.25, -0.2) is 4.98 Å². The van der Waals surface area contributed by atoms with Crippen molar-refractivity contribution in [2.24, 2.45) is 0 Å². The lowest BCUT2D eigenvalue weighted by atomic mass is 10.1. The predicted molar refractivity (Wildman–Crippen MR) is 67.2 cm³/mol. The van der Waals surface area contributed by atoms with E-state index in [1.54, 1.807) is 20.4 Å². The maximum Gasteiger partial charge on any atom is 0.213 e. The van der Waals surface area contributed by atoms with Crippen molar-refractivity contribution in [3.63, 3.8) is 0 Å². The summed E-state index contributed by atoms with van der Waals surface area (Å²) < 4.78 is 10.2. The zero-order chi connectivity index (χ0) is 12.3. The molecular weight excluding hydrogens is 216 g/mol. The van der Waals surface area contributed by atoms with Crippen molar-refractivity contribution in [3.8, 4) is 22.8 Å². The number of ether oxygens (including phenoxy) is 2. The van der Waals surface area contributed by atoms with Gasteiger partial charge in [-0.2, -0.15) is 0 Å². The molecule has 17 heavy (non-hydrogen) atoms. The van der Waals surface area contributed by atoms with Crippen LogP contribution in [-0.2, 0) is 0 Å². The maximum atomic E-state index is 5.87. The third-order valence-corrected chi connectivity index (χ3v) is 2.51. The third-order valence-electron chi connectivity index (χ3n) is 2.51. The molecule has 4 heteroatoms. The zero-order valence-electron chi connectivity index (χ0n) is 9.81. The molecule has 0 aliphatic rings. The fraction of sp³-hybridized carbons (Fsp3) is 0.154. The van der Waals surface area contributed by atoms with Crippen LogP contribution in [0.1, 0.15) is 0 Å². The number of nitrogens with zero attached hydrogens (tertiary/aromatic N) is 1. The molecule has 0 bridgehead atoms. The molecule has 0 unspecified atom stereocenters. The molecule has 0 fully saturated rings. The number of hydrogen-bond donors (Lipinski definition) is 1.